The van der Waals surface area contributed by atoms with Gasteiger partial charge in [-0.25, -0.2) is 0 Å². The summed E-state index contributed by atoms with van der Waals surface area (Å²) >= 11 is 0. The van der Waals surface area contributed by atoms with Crippen molar-refractivity contribution >= 4 is 5.91 Å². The molecule has 0 fully saturated rings. The number of methoxy groups -OCH3 is 3. The molecule has 0 saturated carbocycles. The van der Waals surface area contributed by atoms with Crippen LogP contribution in [0.3, 0.4) is 0 Å². The van der Waals surface area contributed by atoms with Crippen molar-refractivity contribution in [1.29, 1.82) is 0 Å². The maximum atomic E-state index is 12.2. The minimum absolute atomic E-state index is 0.173. The molecule has 140 valence electrons. The van der Waals surface area contributed by atoms with Crippen LogP contribution in [-0.2, 0) is 11.2 Å². The highest BCUT2D eigenvalue weighted by Crippen LogP contribution is 2.27. The number of hydrogen-bond acceptors (Lipinski definition) is 5. The Bertz CT molecular complexity index is 732. The van der Waals surface area contributed by atoms with Crippen molar-refractivity contribution in [3.8, 4) is 23.0 Å². The van der Waals surface area contributed by atoms with Gasteiger partial charge in [0.2, 0.25) is 0 Å². The van der Waals surface area contributed by atoms with Gasteiger partial charge in [-0.2, -0.15) is 0 Å². The van der Waals surface area contributed by atoms with E-state index >= 15 is 0 Å². The van der Waals surface area contributed by atoms with Crippen LogP contribution in [0.2, 0.25) is 0 Å². The zero-order valence-corrected chi connectivity index (χ0v) is 15.6. The number of nitrogens with one attached hydrogen (secondary N) is 1. The van der Waals surface area contributed by atoms with Gasteiger partial charge in [-0.1, -0.05) is 12.1 Å². The fourth-order valence-corrected chi connectivity index (χ4v) is 2.44. The zero-order chi connectivity index (χ0) is 18.9. The summed E-state index contributed by atoms with van der Waals surface area (Å²) < 4.78 is 21.3. The number of carbonyl (C=O) groups excluding carboxylic acids is 1. The number of carbonyl (C=O) groups is 1. The number of ether oxygens (including phenoxy) is 4. The van der Waals surface area contributed by atoms with Crippen molar-refractivity contribution in [2.24, 2.45) is 0 Å². The third-order valence-electron chi connectivity index (χ3n) is 3.88. The molecular formula is C20H25NO5. The lowest BCUT2D eigenvalue weighted by molar-refractivity contribution is -0.127. The third kappa shape index (κ3) is 5.31. The molecule has 2 aromatic carbocycles. The topological polar surface area (TPSA) is 66.0 Å². The maximum absolute atomic E-state index is 12.2. The standard InChI is InChI=1S/C20H25NO5/c1-14(26-17-7-5-6-16(13-17)23-2)20(22)21-11-10-15-8-9-18(24-3)19(12-15)25-4/h5-9,12-14H,10-11H2,1-4H3,(H,21,22)/t14-/m0/s1. The Morgan fingerprint density at radius 3 is 2.38 bits per heavy atom. The van der Waals surface area contributed by atoms with Crippen LogP contribution in [0.4, 0.5) is 0 Å². The number of amides is 1. The minimum Gasteiger partial charge on any atom is -0.497 e. The Kier molecular flexibility index (Phi) is 7.14. The Labute approximate surface area is 154 Å². The molecule has 26 heavy (non-hydrogen) atoms. The van der Waals surface area contributed by atoms with E-state index in [2.05, 4.69) is 5.32 Å². The second-order valence-corrected chi connectivity index (χ2v) is 5.67. The quantitative estimate of drug-likeness (QED) is 0.746. The van der Waals surface area contributed by atoms with Gasteiger partial charge >= 0.3 is 0 Å². The van der Waals surface area contributed by atoms with E-state index in [-0.39, 0.29) is 5.91 Å². The average Bonchev–Trinajstić information content (AvgIpc) is 2.67. The van der Waals surface area contributed by atoms with Crippen LogP contribution in [0.25, 0.3) is 0 Å². The minimum atomic E-state index is -0.604. The molecule has 0 aromatic heterocycles. The molecule has 6 heteroatoms. The van der Waals surface area contributed by atoms with Gasteiger partial charge in [0.1, 0.15) is 11.5 Å². The highest BCUT2D eigenvalue weighted by Gasteiger charge is 2.14. The average molecular weight is 359 g/mol. The molecule has 1 atom stereocenters. The first kappa shape index (κ1) is 19.4. The third-order valence-corrected chi connectivity index (χ3v) is 3.88. The van der Waals surface area contributed by atoms with Gasteiger partial charge in [-0.05, 0) is 43.2 Å². The van der Waals surface area contributed by atoms with E-state index in [4.69, 9.17) is 18.9 Å². The Balaban J connectivity index is 1.84. The van der Waals surface area contributed by atoms with E-state index in [1.807, 2.05) is 30.3 Å². The molecular weight excluding hydrogens is 334 g/mol. The zero-order valence-electron chi connectivity index (χ0n) is 15.6. The molecule has 0 spiro atoms. The van der Waals surface area contributed by atoms with Gasteiger partial charge in [0.05, 0.1) is 21.3 Å². The molecule has 1 amide bonds. The summed E-state index contributed by atoms with van der Waals surface area (Å²) in [5.74, 6) is 2.45. The molecule has 0 radical (unpaired) electrons. The lowest BCUT2D eigenvalue weighted by Gasteiger charge is -2.15. The smallest absolute Gasteiger partial charge is 0.260 e. The molecule has 6 nitrogen and oxygen atoms in total. The number of rotatable bonds is 9. The summed E-state index contributed by atoms with van der Waals surface area (Å²) in [5.41, 5.74) is 1.05. The fraction of sp³-hybridized carbons (Fsp3) is 0.350. The van der Waals surface area contributed by atoms with Crippen LogP contribution in [0.1, 0.15) is 12.5 Å². The summed E-state index contributed by atoms with van der Waals surface area (Å²) in [4.78, 5) is 12.2. The van der Waals surface area contributed by atoms with Gasteiger partial charge in [-0.3, -0.25) is 4.79 Å². The molecule has 2 aromatic rings. The van der Waals surface area contributed by atoms with E-state index in [1.54, 1.807) is 40.4 Å². The van der Waals surface area contributed by atoms with Gasteiger partial charge in [0.15, 0.2) is 17.6 Å². The van der Waals surface area contributed by atoms with Crippen molar-refractivity contribution in [3.63, 3.8) is 0 Å². The first-order valence-corrected chi connectivity index (χ1v) is 8.36. The van der Waals surface area contributed by atoms with E-state index < -0.39 is 6.10 Å². The van der Waals surface area contributed by atoms with Crippen LogP contribution < -0.4 is 24.3 Å². The molecule has 0 heterocycles. The van der Waals surface area contributed by atoms with Crippen molar-refractivity contribution in [2.45, 2.75) is 19.4 Å². The van der Waals surface area contributed by atoms with Gasteiger partial charge in [0.25, 0.3) is 5.91 Å². The van der Waals surface area contributed by atoms with Crippen LogP contribution in [0, 0.1) is 0 Å². The molecule has 0 aliphatic heterocycles. The summed E-state index contributed by atoms with van der Waals surface area (Å²) in [6.45, 7) is 2.21. The predicted octanol–water partition coefficient (Wildman–Crippen LogP) is 2.84. The predicted molar refractivity (Wildman–Crippen MR) is 99.3 cm³/mol. The lowest BCUT2D eigenvalue weighted by Crippen LogP contribution is -2.37. The second kappa shape index (κ2) is 9.56. The van der Waals surface area contributed by atoms with Crippen LogP contribution in [-0.4, -0.2) is 39.9 Å². The van der Waals surface area contributed by atoms with E-state index in [9.17, 15) is 4.79 Å². The summed E-state index contributed by atoms with van der Waals surface area (Å²) in [7, 11) is 4.78. The lowest BCUT2D eigenvalue weighted by atomic mass is 10.1. The Morgan fingerprint density at radius 1 is 0.962 bits per heavy atom. The fourth-order valence-electron chi connectivity index (χ4n) is 2.44. The van der Waals surface area contributed by atoms with E-state index in [0.717, 1.165) is 5.56 Å². The van der Waals surface area contributed by atoms with Crippen LogP contribution in [0.15, 0.2) is 42.5 Å². The van der Waals surface area contributed by atoms with Crippen molar-refractivity contribution in [1.82, 2.24) is 5.32 Å². The Morgan fingerprint density at radius 2 is 1.69 bits per heavy atom. The largest absolute Gasteiger partial charge is 0.497 e. The van der Waals surface area contributed by atoms with E-state index in [1.165, 1.54) is 0 Å². The summed E-state index contributed by atoms with van der Waals surface area (Å²) in [5, 5.41) is 2.88. The maximum Gasteiger partial charge on any atom is 0.260 e. The highest BCUT2D eigenvalue weighted by atomic mass is 16.5. The monoisotopic (exact) mass is 359 g/mol. The molecule has 0 unspecified atom stereocenters. The Hall–Kier alpha value is -2.89. The summed E-state index contributed by atoms with van der Waals surface area (Å²) in [6, 6.07) is 12.9. The molecule has 0 aliphatic carbocycles. The van der Waals surface area contributed by atoms with Crippen LogP contribution >= 0.6 is 0 Å². The molecule has 0 aliphatic rings. The number of benzene rings is 2. The molecule has 1 N–H and O–H groups in total. The first-order valence-electron chi connectivity index (χ1n) is 8.36. The first-order chi connectivity index (χ1) is 12.6. The summed E-state index contributed by atoms with van der Waals surface area (Å²) in [6.07, 6.45) is 0.0744. The van der Waals surface area contributed by atoms with Crippen molar-refractivity contribution < 1.29 is 23.7 Å². The van der Waals surface area contributed by atoms with Crippen molar-refractivity contribution in [3.05, 3.63) is 48.0 Å². The van der Waals surface area contributed by atoms with Gasteiger partial charge < -0.3 is 24.3 Å². The SMILES string of the molecule is COc1cccc(O[C@@H](C)C(=O)NCCc2ccc(OC)c(OC)c2)c1. The van der Waals surface area contributed by atoms with Crippen molar-refractivity contribution in [2.75, 3.05) is 27.9 Å². The van der Waals surface area contributed by atoms with Crippen LogP contribution in [0.5, 0.6) is 23.0 Å². The number of hydrogen-bond donors (Lipinski definition) is 1. The molecule has 2 rings (SSSR count). The molecule has 0 bridgehead atoms. The normalized spacial score (nSPS) is 11.4. The van der Waals surface area contributed by atoms with E-state index in [0.29, 0.717) is 36.0 Å². The highest BCUT2D eigenvalue weighted by molar-refractivity contribution is 5.80. The molecule has 0 saturated heterocycles. The second-order valence-electron chi connectivity index (χ2n) is 5.67. The van der Waals surface area contributed by atoms with Gasteiger partial charge in [-0.15, -0.1) is 0 Å². The van der Waals surface area contributed by atoms with Gasteiger partial charge in [0, 0.05) is 12.6 Å².